The fourth-order valence-corrected chi connectivity index (χ4v) is 2.91. The van der Waals surface area contributed by atoms with Gasteiger partial charge < -0.3 is 19.0 Å². The number of piperazine rings is 1. The number of carbonyl (C=O) groups excluding carboxylic acids is 2. The van der Waals surface area contributed by atoms with Gasteiger partial charge in [-0.3, -0.25) is 9.78 Å². The number of pyridine rings is 1. The lowest BCUT2D eigenvalue weighted by Gasteiger charge is -2.33. The minimum Gasteiger partial charge on any atom is -0.451 e. The summed E-state index contributed by atoms with van der Waals surface area (Å²) in [6.07, 6.45) is 2.66. The van der Waals surface area contributed by atoms with Crippen LogP contribution in [0.5, 0.6) is 5.75 Å². The molecule has 7 nitrogen and oxygen atoms in total. The predicted octanol–water partition coefficient (Wildman–Crippen LogP) is 2.78. The second kappa shape index (κ2) is 6.87. The van der Waals surface area contributed by atoms with Gasteiger partial charge in [0.2, 0.25) is 0 Å². The molecule has 0 N–H and O–H groups in total. The monoisotopic (exact) mass is 351 g/mol. The molecule has 0 spiro atoms. The van der Waals surface area contributed by atoms with E-state index < -0.39 is 6.09 Å². The summed E-state index contributed by atoms with van der Waals surface area (Å²) in [4.78, 5) is 32.0. The van der Waals surface area contributed by atoms with Crippen LogP contribution in [-0.2, 0) is 0 Å². The van der Waals surface area contributed by atoms with Crippen LogP contribution >= 0.6 is 0 Å². The number of furan rings is 1. The van der Waals surface area contributed by atoms with Crippen LogP contribution in [0.4, 0.5) is 4.79 Å². The summed E-state index contributed by atoms with van der Waals surface area (Å²) in [7, 11) is 0. The molecule has 0 bridgehead atoms. The van der Waals surface area contributed by atoms with Gasteiger partial charge in [-0.05, 0) is 24.3 Å². The molecule has 0 unspecified atom stereocenters. The summed E-state index contributed by atoms with van der Waals surface area (Å²) in [5, 5.41) is 0.898. The van der Waals surface area contributed by atoms with Gasteiger partial charge in [-0.2, -0.15) is 0 Å². The molecule has 2 aromatic heterocycles. The van der Waals surface area contributed by atoms with Crippen molar-refractivity contribution in [3.05, 3.63) is 60.6 Å². The molecule has 4 rings (SSSR count). The molecule has 0 saturated carbocycles. The summed E-state index contributed by atoms with van der Waals surface area (Å²) in [6, 6.07) is 12.6. The molecule has 0 atom stereocenters. The number of ether oxygens (including phenoxy) is 1. The van der Waals surface area contributed by atoms with E-state index in [1.807, 2.05) is 24.3 Å². The number of benzene rings is 1. The Hall–Kier alpha value is -3.35. The van der Waals surface area contributed by atoms with Crippen molar-refractivity contribution in [2.45, 2.75) is 0 Å². The summed E-state index contributed by atoms with van der Waals surface area (Å²) in [5.41, 5.74) is 0.689. The van der Waals surface area contributed by atoms with Crippen molar-refractivity contribution < 1.29 is 18.7 Å². The number of rotatable bonds is 2. The van der Waals surface area contributed by atoms with Crippen LogP contribution in [0.2, 0.25) is 0 Å². The first-order valence-electron chi connectivity index (χ1n) is 8.35. The fourth-order valence-electron chi connectivity index (χ4n) is 2.91. The highest BCUT2D eigenvalue weighted by molar-refractivity contribution is 5.96. The van der Waals surface area contributed by atoms with Gasteiger partial charge >= 0.3 is 6.09 Å². The van der Waals surface area contributed by atoms with Crippen molar-refractivity contribution in [3.8, 4) is 5.75 Å². The van der Waals surface area contributed by atoms with E-state index in [-0.39, 0.29) is 5.91 Å². The quantitative estimate of drug-likeness (QED) is 0.710. The molecule has 1 saturated heterocycles. The first-order chi connectivity index (χ1) is 12.7. The van der Waals surface area contributed by atoms with E-state index >= 15 is 0 Å². The van der Waals surface area contributed by atoms with E-state index in [1.165, 1.54) is 6.20 Å². The topological polar surface area (TPSA) is 75.9 Å². The number of amides is 2. The lowest BCUT2D eigenvalue weighted by molar-refractivity contribution is 0.0606. The first kappa shape index (κ1) is 16.1. The number of carbonyl (C=O) groups is 2. The number of aromatic nitrogens is 1. The molecule has 0 aliphatic carbocycles. The average Bonchev–Trinajstić information content (AvgIpc) is 3.12. The number of hydrogen-bond acceptors (Lipinski definition) is 5. The number of hydrogen-bond donors (Lipinski definition) is 0. The van der Waals surface area contributed by atoms with Crippen molar-refractivity contribution in [1.29, 1.82) is 0 Å². The van der Waals surface area contributed by atoms with E-state index in [4.69, 9.17) is 9.15 Å². The van der Waals surface area contributed by atoms with Crippen LogP contribution in [0.15, 0.2) is 59.3 Å². The molecule has 1 fully saturated rings. The summed E-state index contributed by atoms with van der Waals surface area (Å²) >= 11 is 0. The maximum atomic E-state index is 12.6. The van der Waals surface area contributed by atoms with E-state index in [2.05, 4.69) is 4.98 Å². The Morgan fingerprint density at radius 1 is 1.00 bits per heavy atom. The van der Waals surface area contributed by atoms with Gasteiger partial charge in [0.25, 0.3) is 5.91 Å². The van der Waals surface area contributed by atoms with Crippen LogP contribution in [-0.4, -0.2) is 53.0 Å². The Kier molecular flexibility index (Phi) is 4.27. The van der Waals surface area contributed by atoms with Crippen molar-refractivity contribution in [2.24, 2.45) is 0 Å². The SMILES string of the molecule is O=C(Oc1cccnc1)N1CCN(C(=O)c2cc3ccccc3o2)CC1. The zero-order chi connectivity index (χ0) is 17.9. The van der Waals surface area contributed by atoms with Crippen LogP contribution in [0.1, 0.15) is 10.6 Å². The molecule has 1 aromatic carbocycles. The van der Waals surface area contributed by atoms with Gasteiger partial charge in [-0.15, -0.1) is 0 Å². The van der Waals surface area contributed by atoms with Crippen molar-refractivity contribution >= 4 is 23.0 Å². The largest absolute Gasteiger partial charge is 0.451 e. The number of para-hydroxylation sites is 1. The Labute approximate surface area is 149 Å². The Bertz CT molecular complexity index is 897. The van der Waals surface area contributed by atoms with Crippen molar-refractivity contribution in [2.75, 3.05) is 26.2 Å². The van der Waals surface area contributed by atoms with Gasteiger partial charge in [0.15, 0.2) is 11.5 Å². The zero-order valence-electron chi connectivity index (χ0n) is 14.0. The van der Waals surface area contributed by atoms with Crippen LogP contribution < -0.4 is 4.74 Å². The lowest BCUT2D eigenvalue weighted by atomic mass is 10.2. The van der Waals surface area contributed by atoms with Crippen LogP contribution in [0.3, 0.4) is 0 Å². The minimum atomic E-state index is -0.436. The van der Waals surface area contributed by atoms with Gasteiger partial charge in [0, 0.05) is 37.8 Å². The lowest BCUT2D eigenvalue weighted by Crippen LogP contribution is -2.51. The third kappa shape index (κ3) is 3.23. The average molecular weight is 351 g/mol. The molecule has 3 heterocycles. The normalized spacial score (nSPS) is 14.5. The van der Waals surface area contributed by atoms with E-state index in [0.717, 1.165) is 5.39 Å². The second-order valence-electron chi connectivity index (χ2n) is 5.98. The maximum Gasteiger partial charge on any atom is 0.415 e. The minimum absolute atomic E-state index is 0.165. The fraction of sp³-hybridized carbons (Fsp3) is 0.211. The third-order valence-electron chi connectivity index (χ3n) is 4.30. The van der Waals surface area contributed by atoms with Gasteiger partial charge in [0.1, 0.15) is 5.58 Å². The first-order valence-corrected chi connectivity index (χ1v) is 8.35. The van der Waals surface area contributed by atoms with E-state index in [0.29, 0.717) is 43.3 Å². The molecule has 7 heteroatoms. The number of nitrogens with zero attached hydrogens (tertiary/aromatic N) is 3. The highest BCUT2D eigenvalue weighted by Gasteiger charge is 2.27. The third-order valence-corrected chi connectivity index (χ3v) is 4.30. The zero-order valence-corrected chi connectivity index (χ0v) is 14.0. The molecular formula is C19H17N3O4. The molecule has 1 aliphatic rings. The van der Waals surface area contributed by atoms with Crippen molar-refractivity contribution in [1.82, 2.24) is 14.8 Å². The standard InChI is InChI=1S/C19H17N3O4/c23-18(17-12-14-4-1-2-6-16(14)26-17)21-8-10-22(11-9-21)19(24)25-15-5-3-7-20-13-15/h1-7,12-13H,8-11H2. The molecule has 132 valence electrons. The molecule has 1 aliphatic heterocycles. The molecule has 3 aromatic rings. The Morgan fingerprint density at radius 2 is 1.77 bits per heavy atom. The molecule has 26 heavy (non-hydrogen) atoms. The smallest absolute Gasteiger partial charge is 0.415 e. The van der Waals surface area contributed by atoms with Gasteiger partial charge in [-0.25, -0.2) is 4.79 Å². The highest BCUT2D eigenvalue weighted by atomic mass is 16.6. The maximum absolute atomic E-state index is 12.6. The summed E-state index contributed by atoms with van der Waals surface area (Å²) < 4.78 is 10.9. The van der Waals surface area contributed by atoms with E-state index in [9.17, 15) is 9.59 Å². The predicted molar refractivity (Wildman–Crippen MR) is 94.0 cm³/mol. The van der Waals surface area contributed by atoms with E-state index in [1.54, 1.807) is 34.2 Å². The second-order valence-corrected chi connectivity index (χ2v) is 5.98. The molecular weight excluding hydrogens is 334 g/mol. The van der Waals surface area contributed by atoms with Crippen molar-refractivity contribution in [3.63, 3.8) is 0 Å². The molecule has 0 radical (unpaired) electrons. The Balaban J connectivity index is 1.37. The number of fused-ring (bicyclic) bond motifs is 1. The summed E-state index contributed by atoms with van der Waals surface area (Å²) in [6.45, 7) is 1.67. The molecule has 2 amide bonds. The van der Waals surface area contributed by atoms with Gasteiger partial charge in [-0.1, -0.05) is 18.2 Å². The van der Waals surface area contributed by atoms with Gasteiger partial charge in [0.05, 0.1) is 6.20 Å². The van der Waals surface area contributed by atoms with Crippen LogP contribution in [0, 0.1) is 0 Å². The summed E-state index contributed by atoms with van der Waals surface area (Å²) in [5.74, 6) is 0.553. The Morgan fingerprint density at radius 3 is 2.50 bits per heavy atom. The highest BCUT2D eigenvalue weighted by Crippen LogP contribution is 2.20. The van der Waals surface area contributed by atoms with Crippen LogP contribution in [0.25, 0.3) is 11.0 Å².